The van der Waals surface area contributed by atoms with Gasteiger partial charge < -0.3 is 0 Å². The van der Waals surface area contributed by atoms with Crippen molar-refractivity contribution in [3.8, 4) is 0 Å². The molecule has 1 aromatic heterocycles. The summed E-state index contributed by atoms with van der Waals surface area (Å²) in [4.78, 5) is 0. The Kier molecular flexibility index (Phi) is 17.5. The normalized spacial score (nSPS) is 11.2. The molecule has 0 atom stereocenters. The fourth-order valence-electron chi connectivity index (χ4n) is 4.17. The van der Waals surface area contributed by atoms with E-state index in [2.05, 4.69) is 42.8 Å². The summed E-state index contributed by atoms with van der Waals surface area (Å²) < 4.78 is 2.52. The molecule has 1 heteroatoms. The average molecular weight is 389 g/mol. The summed E-state index contributed by atoms with van der Waals surface area (Å²) in [6, 6.07) is 6.77. The number of aryl methyl sites for hydroxylation is 2. The van der Waals surface area contributed by atoms with E-state index in [1.54, 1.807) is 5.69 Å². The molecular formula is C27H50N+. The maximum atomic E-state index is 2.52. The van der Waals surface area contributed by atoms with Gasteiger partial charge in [0.1, 0.15) is 6.54 Å². The molecule has 0 aliphatic carbocycles. The van der Waals surface area contributed by atoms with E-state index >= 15 is 0 Å². The first-order chi connectivity index (χ1) is 13.9. The van der Waals surface area contributed by atoms with Gasteiger partial charge in [-0.2, -0.15) is 0 Å². The van der Waals surface area contributed by atoms with Crippen molar-refractivity contribution < 1.29 is 4.57 Å². The van der Waals surface area contributed by atoms with Crippen LogP contribution in [0.25, 0.3) is 0 Å². The van der Waals surface area contributed by atoms with Gasteiger partial charge in [-0.05, 0) is 12.8 Å². The lowest BCUT2D eigenvalue weighted by molar-refractivity contribution is -0.704. The van der Waals surface area contributed by atoms with Crippen LogP contribution < -0.4 is 4.57 Å². The summed E-state index contributed by atoms with van der Waals surface area (Å²) in [6.07, 6.45) is 29.0. The minimum absolute atomic E-state index is 1.21. The number of nitrogens with zero attached hydrogens (tertiary/aromatic N) is 1. The van der Waals surface area contributed by atoms with Crippen molar-refractivity contribution in [2.45, 2.75) is 142 Å². The summed E-state index contributed by atoms with van der Waals surface area (Å²) in [5.41, 5.74) is 1.55. The summed E-state index contributed by atoms with van der Waals surface area (Å²) in [5.74, 6) is 0. The summed E-state index contributed by atoms with van der Waals surface area (Å²) in [6.45, 7) is 5.80. The molecule has 0 saturated heterocycles. The van der Waals surface area contributed by atoms with Crippen LogP contribution in [0.1, 0.15) is 135 Å². The molecule has 0 amide bonds. The molecule has 0 aromatic carbocycles. The minimum atomic E-state index is 1.21. The van der Waals surface area contributed by atoms with Gasteiger partial charge in [-0.3, -0.25) is 0 Å². The summed E-state index contributed by atoms with van der Waals surface area (Å²) in [5, 5.41) is 0. The highest BCUT2D eigenvalue weighted by Crippen LogP contribution is 2.12. The van der Waals surface area contributed by atoms with Crippen molar-refractivity contribution in [3.05, 3.63) is 30.1 Å². The zero-order valence-electron chi connectivity index (χ0n) is 19.4. The van der Waals surface area contributed by atoms with Crippen molar-refractivity contribution in [2.24, 2.45) is 0 Å². The van der Waals surface area contributed by atoms with Gasteiger partial charge in [0, 0.05) is 25.0 Å². The molecular weight excluding hydrogens is 338 g/mol. The highest BCUT2D eigenvalue weighted by Gasteiger charge is 2.08. The van der Waals surface area contributed by atoms with E-state index < -0.39 is 0 Å². The highest BCUT2D eigenvalue weighted by molar-refractivity contribution is 4.97. The Morgan fingerprint density at radius 1 is 0.536 bits per heavy atom. The first-order valence-corrected chi connectivity index (χ1v) is 12.9. The number of unbranched alkanes of at least 4 members (excludes halogenated alkanes) is 16. The zero-order valence-corrected chi connectivity index (χ0v) is 19.4. The Morgan fingerprint density at radius 3 is 1.54 bits per heavy atom. The fourth-order valence-corrected chi connectivity index (χ4v) is 4.17. The smallest absolute Gasteiger partial charge is 0.181 e. The van der Waals surface area contributed by atoms with E-state index in [0.29, 0.717) is 0 Å². The van der Waals surface area contributed by atoms with Gasteiger partial charge >= 0.3 is 0 Å². The van der Waals surface area contributed by atoms with Gasteiger partial charge in [-0.15, -0.1) is 0 Å². The quantitative estimate of drug-likeness (QED) is 0.155. The van der Waals surface area contributed by atoms with Gasteiger partial charge in [0.15, 0.2) is 11.9 Å². The van der Waals surface area contributed by atoms with Gasteiger partial charge in [0.25, 0.3) is 0 Å². The average Bonchev–Trinajstić information content (AvgIpc) is 2.72. The van der Waals surface area contributed by atoms with Crippen molar-refractivity contribution in [3.63, 3.8) is 0 Å². The van der Waals surface area contributed by atoms with Crippen LogP contribution in [0.4, 0.5) is 0 Å². The van der Waals surface area contributed by atoms with Crippen LogP contribution in [0, 0.1) is 0 Å². The Morgan fingerprint density at radius 2 is 1.00 bits per heavy atom. The van der Waals surface area contributed by atoms with Crippen LogP contribution in [0.15, 0.2) is 24.4 Å². The van der Waals surface area contributed by atoms with E-state index in [1.165, 1.54) is 129 Å². The second-order valence-corrected chi connectivity index (χ2v) is 8.79. The lowest BCUT2D eigenvalue weighted by Crippen LogP contribution is -2.37. The SMILES string of the molecule is CCCCCCCCCCCCc1cccc[n+]1CCCCCCCCCC. The predicted molar refractivity (Wildman–Crippen MR) is 125 cm³/mol. The Hall–Kier alpha value is -0.850. The Bertz CT molecular complexity index is 440. The molecule has 0 unspecified atom stereocenters. The molecule has 28 heavy (non-hydrogen) atoms. The van der Waals surface area contributed by atoms with E-state index in [0.717, 1.165) is 0 Å². The van der Waals surface area contributed by atoms with E-state index in [-0.39, 0.29) is 0 Å². The molecule has 0 saturated carbocycles. The Labute approximate surface area is 177 Å². The second-order valence-electron chi connectivity index (χ2n) is 8.79. The molecule has 0 spiro atoms. The third kappa shape index (κ3) is 14.2. The first kappa shape index (κ1) is 25.2. The number of pyridine rings is 1. The van der Waals surface area contributed by atoms with Gasteiger partial charge in [-0.25, -0.2) is 4.57 Å². The molecule has 1 aromatic rings. The largest absolute Gasteiger partial charge is 0.202 e. The fraction of sp³-hybridized carbons (Fsp3) is 0.815. The summed E-state index contributed by atoms with van der Waals surface area (Å²) >= 11 is 0. The maximum absolute atomic E-state index is 2.52. The third-order valence-corrected chi connectivity index (χ3v) is 6.07. The van der Waals surface area contributed by atoms with Crippen LogP contribution in [-0.2, 0) is 13.0 Å². The van der Waals surface area contributed by atoms with Crippen molar-refractivity contribution in [1.82, 2.24) is 0 Å². The zero-order chi connectivity index (χ0) is 20.1. The molecule has 1 rings (SSSR count). The topological polar surface area (TPSA) is 3.88 Å². The van der Waals surface area contributed by atoms with E-state index in [9.17, 15) is 0 Å². The van der Waals surface area contributed by atoms with Gasteiger partial charge in [0.05, 0.1) is 0 Å². The standard InChI is InChI=1S/C27H50N/c1-3-5-7-9-11-13-14-15-17-19-23-27-24-20-22-26-28(27)25-21-18-16-12-10-8-6-4-2/h20,22,24,26H,3-19,21,23,25H2,1-2H3/q+1. The highest BCUT2D eigenvalue weighted by atomic mass is 14.9. The maximum Gasteiger partial charge on any atom is 0.181 e. The molecule has 0 radical (unpaired) electrons. The first-order valence-electron chi connectivity index (χ1n) is 12.9. The van der Waals surface area contributed by atoms with Crippen molar-refractivity contribution in [1.29, 1.82) is 0 Å². The van der Waals surface area contributed by atoms with Gasteiger partial charge in [-0.1, -0.05) is 116 Å². The Balaban J connectivity index is 2.05. The molecule has 162 valence electrons. The van der Waals surface area contributed by atoms with Crippen molar-refractivity contribution in [2.75, 3.05) is 0 Å². The van der Waals surface area contributed by atoms with Crippen LogP contribution in [0.3, 0.4) is 0 Å². The third-order valence-electron chi connectivity index (χ3n) is 6.07. The van der Waals surface area contributed by atoms with Crippen LogP contribution in [-0.4, -0.2) is 0 Å². The molecule has 1 nitrogen and oxygen atoms in total. The van der Waals surface area contributed by atoms with Crippen LogP contribution in [0.2, 0.25) is 0 Å². The van der Waals surface area contributed by atoms with Crippen LogP contribution >= 0.6 is 0 Å². The van der Waals surface area contributed by atoms with E-state index in [1.807, 2.05) is 0 Å². The minimum Gasteiger partial charge on any atom is -0.202 e. The monoisotopic (exact) mass is 388 g/mol. The number of aromatic nitrogens is 1. The molecule has 0 aliphatic rings. The molecule has 1 heterocycles. The van der Waals surface area contributed by atoms with Crippen LogP contribution in [0.5, 0.6) is 0 Å². The second kappa shape index (κ2) is 19.5. The number of rotatable bonds is 20. The predicted octanol–water partition coefficient (Wildman–Crippen LogP) is 8.58. The number of hydrogen-bond donors (Lipinski definition) is 0. The molecule has 0 fully saturated rings. The lowest BCUT2D eigenvalue weighted by atomic mass is 10.0. The lowest BCUT2D eigenvalue weighted by Gasteiger charge is -2.05. The molecule has 0 aliphatic heterocycles. The number of hydrogen-bond acceptors (Lipinski definition) is 0. The molecule has 0 N–H and O–H groups in total. The summed E-state index contributed by atoms with van der Waals surface area (Å²) in [7, 11) is 0. The van der Waals surface area contributed by atoms with Gasteiger partial charge in [0.2, 0.25) is 0 Å². The van der Waals surface area contributed by atoms with Crippen molar-refractivity contribution >= 4 is 0 Å². The van der Waals surface area contributed by atoms with E-state index in [4.69, 9.17) is 0 Å². The molecule has 0 bridgehead atoms.